The predicted molar refractivity (Wildman–Crippen MR) is 74.4 cm³/mol. The van der Waals surface area contributed by atoms with Crippen LogP contribution in [0.25, 0.3) is 0 Å². The molecule has 1 N–H and O–H groups in total. The fraction of sp³-hybridized carbons (Fsp3) is 0.786. The molecule has 1 aliphatic carbocycles. The van der Waals surface area contributed by atoms with E-state index in [-0.39, 0.29) is 5.41 Å². The number of hydrogen-bond acceptors (Lipinski definition) is 2. The second-order valence-corrected chi connectivity index (χ2v) is 7.01. The summed E-state index contributed by atoms with van der Waals surface area (Å²) in [5.74, 6) is 0.766. The van der Waals surface area contributed by atoms with Gasteiger partial charge in [0.05, 0.1) is 12.1 Å². The number of hydrogen-bond donors (Lipinski definition) is 1. The molecule has 0 amide bonds. The van der Waals surface area contributed by atoms with E-state index in [9.17, 15) is 0 Å². The Labute approximate surface area is 114 Å². The summed E-state index contributed by atoms with van der Waals surface area (Å²) in [6.07, 6.45) is 6.20. The maximum Gasteiger partial charge on any atom is 0.177 e. The summed E-state index contributed by atoms with van der Waals surface area (Å²) in [6.45, 7) is 7.60. The van der Waals surface area contributed by atoms with Gasteiger partial charge < -0.3 is 14.3 Å². The molecule has 100 valence electrons. The molecule has 1 aromatic heterocycles. The quantitative estimate of drug-likeness (QED) is 0.829. The van der Waals surface area contributed by atoms with Crippen molar-refractivity contribution < 1.29 is 4.74 Å². The third kappa shape index (κ3) is 2.05. The molecule has 3 rings (SSSR count). The Bertz CT molecular complexity index is 493. The van der Waals surface area contributed by atoms with Gasteiger partial charge in [0.2, 0.25) is 0 Å². The van der Waals surface area contributed by atoms with Crippen LogP contribution in [-0.2, 0) is 10.2 Å². The molecule has 0 radical (unpaired) electrons. The van der Waals surface area contributed by atoms with Crippen molar-refractivity contribution in [1.82, 2.24) is 9.55 Å². The standard InChI is InChI=1S/C14H22N2OS/c1-14(2,3)11-8-15-13(18)16(11)10-6-7-17-12(10)9-4-5-9/h8-10,12H,4-7H2,1-3H3,(H,15,18). The lowest BCUT2D eigenvalue weighted by atomic mass is 9.91. The molecule has 2 heterocycles. The number of aromatic amines is 1. The van der Waals surface area contributed by atoms with Crippen molar-refractivity contribution in [2.75, 3.05) is 6.61 Å². The Hall–Kier alpha value is -0.610. The second-order valence-electron chi connectivity index (χ2n) is 6.63. The van der Waals surface area contributed by atoms with Crippen molar-refractivity contribution in [1.29, 1.82) is 0 Å². The van der Waals surface area contributed by atoms with Crippen LogP contribution in [0, 0.1) is 10.7 Å². The molecule has 2 aliphatic rings. The highest BCUT2D eigenvalue weighted by atomic mass is 32.1. The maximum atomic E-state index is 5.95. The van der Waals surface area contributed by atoms with Gasteiger partial charge in [0.25, 0.3) is 0 Å². The number of rotatable bonds is 2. The third-order valence-electron chi connectivity index (χ3n) is 4.10. The Morgan fingerprint density at radius 2 is 2.06 bits per heavy atom. The third-order valence-corrected chi connectivity index (χ3v) is 4.42. The minimum Gasteiger partial charge on any atom is -0.376 e. The van der Waals surface area contributed by atoms with Gasteiger partial charge in [0.1, 0.15) is 0 Å². The van der Waals surface area contributed by atoms with Crippen LogP contribution >= 0.6 is 12.2 Å². The summed E-state index contributed by atoms with van der Waals surface area (Å²) in [5, 5.41) is 0. The van der Waals surface area contributed by atoms with E-state index >= 15 is 0 Å². The molecule has 2 fully saturated rings. The van der Waals surface area contributed by atoms with Crippen molar-refractivity contribution in [3.8, 4) is 0 Å². The van der Waals surface area contributed by atoms with Crippen LogP contribution < -0.4 is 0 Å². The van der Waals surface area contributed by atoms with Gasteiger partial charge in [-0.1, -0.05) is 20.8 Å². The molecule has 2 unspecified atom stereocenters. The normalized spacial score (nSPS) is 28.8. The molecule has 0 spiro atoms. The minimum absolute atomic E-state index is 0.115. The zero-order chi connectivity index (χ0) is 12.9. The number of aromatic nitrogens is 2. The number of imidazole rings is 1. The number of nitrogens with one attached hydrogen (secondary N) is 1. The zero-order valence-corrected chi connectivity index (χ0v) is 12.2. The molecular weight excluding hydrogens is 244 g/mol. The smallest absolute Gasteiger partial charge is 0.177 e. The molecular formula is C14H22N2OS. The van der Waals surface area contributed by atoms with Gasteiger partial charge in [-0.3, -0.25) is 0 Å². The number of H-pyrrole nitrogens is 1. The van der Waals surface area contributed by atoms with Crippen molar-refractivity contribution in [3.63, 3.8) is 0 Å². The van der Waals surface area contributed by atoms with E-state index in [0.717, 1.165) is 23.7 Å². The van der Waals surface area contributed by atoms with E-state index in [1.54, 1.807) is 0 Å². The Morgan fingerprint density at radius 3 is 2.67 bits per heavy atom. The van der Waals surface area contributed by atoms with Gasteiger partial charge in [-0.25, -0.2) is 0 Å². The van der Waals surface area contributed by atoms with Crippen molar-refractivity contribution in [2.24, 2.45) is 5.92 Å². The first-order chi connectivity index (χ1) is 8.48. The van der Waals surface area contributed by atoms with Gasteiger partial charge in [0.15, 0.2) is 4.77 Å². The van der Waals surface area contributed by atoms with Crippen LogP contribution in [0.2, 0.25) is 0 Å². The van der Waals surface area contributed by atoms with Crippen LogP contribution in [0.4, 0.5) is 0 Å². The minimum atomic E-state index is 0.115. The largest absolute Gasteiger partial charge is 0.376 e. The van der Waals surface area contributed by atoms with E-state index in [0.29, 0.717) is 12.1 Å². The molecule has 2 atom stereocenters. The molecule has 0 bridgehead atoms. The molecule has 18 heavy (non-hydrogen) atoms. The highest BCUT2D eigenvalue weighted by Crippen LogP contribution is 2.44. The summed E-state index contributed by atoms with van der Waals surface area (Å²) >= 11 is 5.49. The lowest BCUT2D eigenvalue weighted by Crippen LogP contribution is -2.27. The lowest BCUT2D eigenvalue weighted by molar-refractivity contribution is 0.0738. The average molecular weight is 266 g/mol. The van der Waals surface area contributed by atoms with Gasteiger partial charge in [0, 0.05) is 23.9 Å². The fourth-order valence-electron chi connectivity index (χ4n) is 3.04. The first kappa shape index (κ1) is 12.4. The van der Waals surface area contributed by atoms with Crippen molar-refractivity contribution in [3.05, 3.63) is 16.7 Å². The van der Waals surface area contributed by atoms with Crippen LogP contribution in [0.3, 0.4) is 0 Å². The monoisotopic (exact) mass is 266 g/mol. The van der Waals surface area contributed by atoms with Gasteiger partial charge >= 0.3 is 0 Å². The highest BCUT2D eigenvalue weighted by Gasteiger charge is 2.42. The van der Waals surface area contributed by atoms with E-state index < -0.39 is 0 Å². The molecule has 1 aromatic rings. The van der Waals surface area contributed by atoms with Crippen LogP contribution in [-0.4, -0.2) is 22.3 Å². The van der Waals surface area contributed by atoms with Crippen LogP contribution in [0.5, 0.6) is 0 Å². The van der Waals surface area contributed by atoms with Crippen molar-refractivity contribution in [2.45, 2.75) is 57.6 Å². The molecule has 1 saturated heterocycles. The molecule has 1 aliphatic heterocycles. The fourth-order valence-corrected chi connectivity index (χ4v) is 3.33. The van der Waals surface area contributed by atoms with Gasteiger partial charge in [-0.15, -0.1) is 0 Å². The van der Waals surface area contributed by atoms with Crippen molar-refractivity contribution >= 4 is 12.2 Å². The Balaban J connectivity index is 2.00. The summed E-state index contributed by atoms with van der Waals surface area (Å²) in [6, 6.07) is 0.436. The molecule has 0 aromatic carbocycles. The highest BCUT2D eigenvalue weighted by molar-refractivity contribution is 7.71. The summed E-state index contributed by atoms with van der Waals surface area (Å²) in [4.78, 5) is 3.22. The summed E-state index contributed by atoms with van der Waals surface area (Å²) in [7, 11) is 0. The average Bonchev–Trinajstić information content (AvgIpc) is 2.87. The summed E-state index contributed by atoms with van der Waals surface area (Å²) in [5.41, 5.74) is 1.42. The topological polar surface area (TPSA) is 29.9 Å². The van der Waals surface area contributed by atoms with Gasteiger partial charge in [-0.2, -0.15) is 0 Å². The van der Waals surface area contributed by atoms with Crippen LogP contribution in [0.15, 0.2) is 6.20 Å². The van der Waals surface area contributed by atoms with E-state index in [4.69, 9.17) is 17.0 Å². The van der Waals surface area contributed by atoms with E-state index in [2.05, 4.69) is 36.5 Å². The molecule has 1 saturated carbocycles. The van der Waals surface area contributed by atoms with E-state index in [1.807, 2.05) is 0 Å². The predicted octanol–water partition coefficient (Wildman–Crippen LogP) is 3.58. The zero-order valence-electron chi connectivity index (χ0n) is 11.4. The number of nitrogens with zero attached hydrogens (tertiary/aromatic N) is 1. The Kier molecular flexibility index (Phi) is 2.90. The maximum absolute atomic E-state index is 5.95. The Morgan fingerprint density at radius 1 is 1.33 bits per heavy atom. The summed E-state index contributed by atoms with van der Waals surface area (Å²) < 4.78 is 9.13. The first-order valence-electron chi connectivity index (χ1n) is 6.90. The van der Waals surface area contributed by atoms with E-state index in [1.165, 1.54) is 18.5 Å². The SMILES string of the molecule is CC(C)(C)c1c[nH]c(=S)n1C1CCOC1C1CC1. The van der Waals surface area contributed by atoms with Gasteiger partial charge in [-0.05, 0) is 37.4 Å². The second kappa shape index (κ2) is 4.20. The lowest BCUT2D eigenvalue weighted by Gasteiger charge is -2.27. The number of ether oxygens (including phenoxy) is 1. The van der Waals surface area contributed by atoms with Crippen LogP contribution in [0.1, 0.15) is 51.8 Å². The first-order valence-corrected chi connectivity index (χ1v) is 7.31. The molecule has 3 nitrogen and oxygen atoms in total. The molecule has 4 heteroatoms.